The highest BCUT2D eigenvalue weighted by molar-refractivity contribution is 5.91. The first-order valence-electron chi connectivity index (χ1n) is 4.32. The number of nitrogens with one attached hydrogen (secondary N) is 1. The molecule has 0 aromatic heterocycles. The van der Waals surface area contributed by atoms with Crippen molar-refractivity contribution in [3.8, 4) is 0 Å². The Balaban J connectivity index is 3.47. The first-order valence-corrected chi connectivity index (χ1v) is 4.32. The van der Waals surface area contributed by atoms with Crippen LogP contribution in [-0.4, -0.2) is 42.9 Å². The summed E-state index contributed by atoms with van der Waals surface area (Å²) in [6, 6.07) is 0. The van der Waals surface area contributed by atoms with E-state index in [1.54, 1.807) is 21.0 Å². The van der Waals surface area contributed by atoms with Crippen LogP contribution in [0.3, 0.4) is 0 Å². The summed E-state index contributed by atoms with van der Waals surface area (Å²) in [4.78, 5) is 11.0. The van der Waals surface area contributed by atoms with E-state index >= 15 is 0 Å². The lowest BCUT2D eigenvalue weighted by atomic mass is 10.3. The molecule has 4 heteroatoms. The molecule has 0 radical (unpaired) electrons. The van der Waals surface area contributed by atoms with Gasteiger partial charge in [0.15, 0.2) is 0 Å². The smallest absolute Gasteiger partial charge is 0.246 e. The molecule has 0 aromatic carbocycles. The molecule has 0 aromatic rings. The minimum absolute atomic E-state index is 0.0665. The summed E-state index contributed by atoms with van der Waals surface area (Å²) in [6.45, 7) is 6.38. The number of amides is 1. The first-order chi connectivity index (χ1) is 5.83. The Hall–Kier alpha value is -0.870. The summed E-state index contributed by atoms with van der Waals surface area (Å²) in [7, 11) is 3.39. The Morgan fingerprint density at radius 2 is 2.08 bits per heavy atom. The lowest BCUT2D eigenvalue weighted by Gasteiger charge is -2.19. The highest BCUT2D eigenvalue weighted by Gasteiger charge is 2.09. The lowest BCUT2D eigenvalue weighted by Crippen LogP contribution is -2.38. The normalized spacial score (nSPS) is 11.1. The monoisotopic (exact) mass is 187 g/mol. The van der Waals surface area contributed by atoms with Crippen LogP contribution in [0.2, 0.25) is 0 Å². The van der Waals surface area contributed by atoms with Crippen molar-refractivity contribution >= 4 is 5.91 Å². The number of nitrogens with zero attached hydrogens (tertiary/aromatic N) is 1. The van der Waals surface area contributed by atoms with Crippen molar-refractivity contribution in [1.82, 2.24) is 5.32 Å². The van der Waals surface area contributed by atoms with Gasteiger partial charge in [-0.1, -0.05) is 6.58 Å². The Morgan fingerprint density at radius 3 is 2.46 bits per heavy atom. The van der Waals surface area contributed by atoms with Crippen LogP contribution in [0.5, 0.6) is 0 Å². The van der Waals surface area contributed by atoms with E-state index in [2.05, 4.69) is 11.9 Å². The van der Waals surface area contributed by atoms with Gasteiger partial charge in [0.25, 0.3) is 0 Å². The molecule has 0 saturated heterocycles. The second-order valence-electron chi connectivity index (χ2n) is 3.73. The van der Waals surface area contributed by atoms with Crippen molar-refractivity contribution in [2.24, 2.45) is 0 Å². The van der Waals surface area contributed by atoms with Crippen LogP contribution in [0.1, 0.15) is 13.3 Å². The first kappa shape index (κ1) is 12.1. The van der Waals surface area contributed by atoms with Gasteiger partial charge in [0.1, 0.15) is 6.54 Å². The van der Waals surface area contributed by atoms with Gasteiger partial charge in [0.05, 0.1) is 14.1 Å². The summed E-state index contributed by atoms with van der Waals surface area (Å²) >= 11 is 0. The fourth-order valence-electron chi connectivity index (χ4n) is 0.819. The molecule has 2 N–H and O–H groups in total. The second kappa shape index (κ2) is 4.99. The minimum Gasteiger partial charge on any atom is -0.352 e. The van der Waals surface area contributed by atoms with E-state index < -0.39 is 0 Å². The molecule has 0 fully saturated rings. The van der Waals surface area contributed by atoms with Gasteiger partial charge in [-0.25, -0.2) is 5.21 Å². The average molecular weight is 187 g/mol. The maximum absolute atomic E-state index is 11.0. The van der Waals surface area contributed by atoms with E-state index in [4.69, 9.17) is 0 Å². The number of hydrogen-bond donors (Lipinski definition) is 2. The number of quaternary nitrogens is 1. The van der Waals surface area contributed by atoms with Crippen molar-refractivity contribution in [2.45, 2.75) is 13.3 Å². The molecule has 4 nitrogen and oxygen atoms in total. The SMILES string of the molecule is C=C(C)C(=O)NCCC[N+](C)(C)O. The molecule has 0 atom stereocenters. The summed E-state index contributed by atoms with van der Waals surface area (Å²) in [5.41, 5.74) is 0.512. The van der Waals surface area contributed by atoms with E-state index in [-0.39, 0.29) is 10.6 Å². The molecule has 0 aliphatic heterocycles. The van der Waals surface area contributed by atoms with Crippen LogP contribution in [0.15, 0.2) is 12.2 Å². The topological polar surface area (TPSA) is 49.3 Å². The Bertz CT molecular complexity index is 194. The number of hydroxylamine groups is 3. The number of rotatable bonds is 5. The fraction of sp³-hybridized carbons (Fsp3) is 0.667. The van der Waals surface area contributed by atoms with Crippen LogP contribution in [0.25, 0.3) is 0 Å². The molecule has 0 spiro atoms. The lowest BCUT2D eigenvalue weighted by molar-refractivity contribution is -1.07. The minimum atomic E-state index is -0.122. The Kier molecular flexibility index (Phi) is 4.66. The molecule has 0 saturated carbocycles. The van der Waals surface area contributed by atoms with Gasteiger partial charge in [-0.3, -0.25) is 4.79 Å². The molecule has 0 aliphatic rings. The Morgan fingerprint density at radius 1 is 1.54 bits per heavy atom. The summed E-state index contributed by atoms with van der Waals surface area (Å²) < 4.78 is -0.0665. The van der Waals surface area contributed by atoms with Crippen molar-refractivity contribution < 1.29 is 14.6 Å². The number of carbonyl (C=O) groups excluding carboxylic acids is 1. The summed E-state index contributed by atoms with van der Waals surface area (Å²) in [5.74, 6) is -0.122. The molecule has 0 aliphatic carbocycles. The van der Waals surface area contributed by atoms with Crippen LogP contribution in [-0.2, 0) is 4.79 Å². The maximum Gasteiger partial charge on any atom is 0.246 e. The van der Waals surface area contributed by atoms with Crippen LogP contribution in [0.4, 0.5) is 0 Å². The van der Waals surface area contributed by atoms with E-state index in [1.807, 2.05) is 0 Å². The number of hydrogen-bond acceptors (Lipinski definition) is 2. The quantitative estimate of drug-likeness (QED) is 0.285. The largest absolute Gasteiger partial charge is 0.352 e. The standard InChI is InChI=1S/C9H18N2O2/c1-8(2)9(12)10-6-5-7-11(3,4)13/h13H,1,5-7H2,2-4H3/p+1. The molecule has 1 amide bonds. The zero-order chi connectivity index (χ0) is 10.5. The van der Waals surface area contributed by atoms with Gasteiger partial charge in [-0.15, -0.1) is 0 Å². The predicted molar refractivity (Wildman–Crippen MR) is 51.2 cm³/mol. The zero-order valence-electron chi connectivity index (χ0n) is 8.63. The van der Waals surface area contributed by atoms with Gasteiger partial charge in [0, 0.05) is 18.5 Å². The van der Waals surface area contributed by atoms with Gasteiger partial charge < -0.3 is 5.32 Å². The molecular formula is C9H19N2O2+. The van der Waals surface area contributed by atoms with Gasteiger partial charge in [-0.05, 0) is 6.92 Å². The van der Waals surface area contributed by atoms with Crippen LogP contribution >= 0.6 is 0 Å². The van der Waals surface area contributed by atoms with Crippen LogP contribution in [0, 0.1) is 0 Å². The highest BCUT2D eigenvalue weighted by Crippen LogP contribution is 1.92. The fourth-order valence-corrected chi connectivity index (χ4v) is 0.819. The van der Waals surface area contributed by atoms with E-state index in [0.717, 1.165) is 6.42 Å². The maximum atomic E-state index is 11.0. The van der Waals surface area contributed by atoms with Crippen molar-refractivity contribution in [3.63, 3.8) is 0 Å². The third-order valence-corrected chi connectivity index (χ3v) is 1.56. The molecular weight excluding hydrogens is 168 g/mol. The summed E-state index contributed by atoms with van der Waals surface area (Å²) in [5, 5.41) is 12.0. The van der Waals surface area contributed by atoms with E-state index in [0.29, 0.717) is 18.7 Å². The molecule has 0 bridgehead atoms. The zero-order valence-corrected chi connectivity index (χ0v) is 8.63. The predicted octanol–water partition coefficient (Wildman–Crippen LogP) is 0.534. The molecule has 13 heavy (non-hydrogen) atoms. The Labute approximate surface area is 79.4 Å². The van der Waals surface area contributed by atoms with Gasteiger partial charge in [-0.2, -0.15) is 4.65 Å². The molecule has 76 valence electrons. The molecule has 0 rings (SSSR count). The van der Waals surface area contributed by atoms with E-state index in [1.165, 1.54) is 0 Å². The van der Waals surface area contributed by atoms with E-state index in [9.17, 15) is 10.0 Å². The van der Waals surface area contributed by atoms with Gasteiger partial charge >= 0.3 is 0 Å². The third kappa shape index (κ3) is 7.49. The van der Waals surface area contributed by atoms with Crippen LogP contribution < -0.4 is 5.32 Å². The molecule has 0 unspecified atom stereocenters. The van der Waals surface area contributed by atoms with Crippen molar-refractivity contribution in [3.05, 3.63) is 12.2 Å². The van der Waals surface area contributed by atoms with Crippen molar-refractivity contribution in [2.75, 3.05) is 27.2 Å². The average Bonchev–Trinajstić information content (AvgIpc) is 1.95. The third-order valence-electron chi connectivity index (χ3n) is 1.56. The summed E-state index contributed by atoms with van der Waals surface area (Å²) in [6.07, 6.45) is 0.752. The second-order valence-corrected chi connectivity index (χ2v) is 3.73. The molecule has 0 heterocycles. The highest BCUT2D eigenvalue weighted by atomic mass is 16.5. The van der Waals surface area contributed by atoms with Crippen molar-refractivity contribution in [1.29, 1.82) is 0 Å². The number of carbonyl (C=O) groups is 1. The van der Waals surface area contributed by atoms with Gasteiger partial charge in [0.2, 0.25) is 5.91 Å².